The maximum atomic E-state index is 14.2. The van der Waals surface area contributed by atoms with Crippen molar-refractivity contribution in [1.82, 2.24) is 0 Å². The molecule has 0 fully saturated rings. The Morgan fingerprint density at radius 1 is 0.870 bits per heavy atom. The lowest BCUT2D eigenvalue weighted by molar-refractivity contribution is 0.602. The molecule has 2 aromatic carbocycles. The molecule has 23 heavy (non-hydrogen) atoms. The van der Waals surface area contributed by atoms with E-state index in [0.717, 1.165) is 17.6 Å². The molecule has 0 unspecified atom stereocenters. The van der Waals surface area contributed by atoms with Crippen LogP contribution in [0.15, 0.2) is 58.8 Å². The predicted molar refractivity (Wildman–Crippen MR) is 88.2 cm³/mol. The Balaban J connectivity index is 2.10. The fourth-order valence-corrected chi connectivity index (χ4v) is 3.77. The van der Waals surface area contributed by atoms with Gasteiger partial charge in [0.05, 0.1) is 4.90 Å². The quantitative estimate of drug-likeness (QED) is 0.682. The number of hydrogen-bond acceptors (Lipinski definition) is 3. The Labute approximate surface area is 137 Å². The Morgan fingerprint density at radius 3 is 2.00 bits per heavy atom. The fraction of sp³-hybridized carbons (Fsp3) is 0.0588. The number of hydrogen-bond donors (Lipinski definition) is 0. The summed E-state index contributed by atoms with van der Waals surface area (Å²) in [6.07, 6.45) is 1.14. The van der Waals surface area contributed by atoms with Crippen LogP contribution in [0.25, 0.3) is 22.3 Å². The van der Waals surface area contributed by atoms with Crippen LogP contribution < -0.4 is 0 Å². The zero-order chi connectivity index (χ0) is 16.6. The lowest BCUT2D eigenvalue weighted by atomic mass is 9.99. The molecular formula is C17H12F2O2S2. The number of benzene rings is 2. The molecule has 2 nitrogen and oxygen atoms in total. The summed E-state index contributed by atoms with van der Waals surface area (Å²) in [6.45, 7) is 0. The molecule has 0 amide bonds. The third-order valence-electron chi connectivity index (χ3n) is 3.47. The average molecular weight is 350 g/mol. The van der Waals surface area contributed by atoms with Gasteiger partial charge in [0.25, 0.3) is 0 Å². The molecular weight excluding hydrogens is 338 g/mol. The third-order valence-corrected chi connectivity index (χ3v) is 5.37. The van der Waals surface area contributed by atoms with Gasteiger partial charge in [-0.05, 0) is 35.4 Å². The van der Waals surface area contributed by atoms with Gasteiger partial charge < -0.3 is 0 Å². The molecule has 0 atom stereocenters. The first-order valence-electron chi connectivity index (χ1n) is 6.69. The molecule has 1 aromatic heterocycles. The van der Waals surface area contributed by atoms with Crippen LogP contribution in [0.1, 0.15) is 0 Å². The Bertz CT molecular complexity index is 941. The SMILES string of the molecule is CS(=O)(=O)c1ccc(-c2csc(F)c2-c2ccc(F)cc2)cc1. The molecule has 0 aliphatic rings. The Hall–Kier alpha value is -2.05. The van der Waals surface area contributed by atoms with Crippen molar-refractivity contribution in [3.63, 3.8) is 0 Å². The smallest absolute Gasteiger partial charge is 0.184 e. The van der Waals surface area contributed by atoms with E-state index >= 15 is 0 Å². The highest BCUT2D eigenvalue weighted by Gasteiger charge is 2.16. The molecule has 0 bridgehead atoms. The van der Waals surface area contributed by atoms with E-state index in [0.29, 0.717) is 22.3 Å². The first kappa shape index (κ1) is 15.8. The van der Waals surface area contributed by atoms with Crippen LogP contribution in [0.4, 0.5) is 8.78 Å². The second-order valence-electron chi connectivity index (χ2n) is 5.10. The van der Waals surface area contributed by atoms with Crippen molar-refractivity contribution in [2.45, 2.75) is 4.90 Å². The highest BCUT2D eigenvalue weighted by Crippen LogP contribution is 2.38. The molecule has 6 heteroatoms. The predicted octanol–water partition coefficient (Wildman–Crippen LogP) is 4.76. The first-order valence-corrected chi connectivity index (χ1v) is 9.47. The van der Waals surface area contributed by atoms with Crippen LogP contribution in [-0.2, 0) is 9.84 Å². The molecule has 0 saturated heterocycles. The van der Waals surface area contributed by atoms with Crippen molar-refractivity contribution in [1.29, 1.82) is 0 Å². The van der Waals surface area contributed by atoms with Gasteiger partial charge in [0.1, 0.15) is 5.82 Å². The van der Waals surface area contributed by atoms with Gasteiger partial charge in [-0.2, -0.15) is 4.39 Å². The zero-order valence-electron chi connectivity index (χ0n) is 12.1. The fourth-order valence-electron chi connectivity index (χ4n) is 2.31. The van der Waals surface area contributed by atoms with Gasteiger partial charge in [-0.25, -0.2) is 12.8 Å². The summed E-state index contributed by atoms with van der Waals surface area (Å²) in [6, 6.07) is 11.9. The van der Waals surface area contributed by atoms with Crippen molar-refractivity contribution in [2.24, 2.45) is 0 Å². The van der Waals surface area contributed by atoms with Gasteiger partial charge in [-0.15, -0.1) is 11.3 Å². The second-order valence-corrected chi connectivity index (χ2v) is 7.95. The van der Waals surface area contributed by atoms with Gasteiger partial charge in [0.2, 0.25) is 0 Å². The van der Waals surface area contributed by atoms with E-state index in [9.17, 15) is 17.2 Å². The molecule has 0 aliphatic carbocycles. The molecule has 1 heterocycles. The number of rotatable bonds is 3. The molecule has 0 N–H and O–H groups in total. The number of sulfone groups is 1. The number of thiophene rings is 1. The van der Waals surface area contributed by atoms with E-state index in [1.165, 1.54) is 36.4 Å². The minimum atomic E-state index is -3.28. The largest absolute Gasteiger partial charge is 0.224 e. The van der Waals surface area contributed by atoms with Crippen LogP contribution in [0.2, 0.25) is 0 Å². The molecule has 0 saturated carbocycles. The molecule has 0 aliphatic heterocycles. The average Bonchev–Trinajstić information content (AvgIpc) is 2.89. The normalized spacial score (nSPS) is 11.6. The minimum absolute atomic E-state index is 0.209. The molecule has 0 spiro atoms. The van der Waals surface area contributed by atoms with Gasteiger partial charge in [0, 0.05) is 22.8 Å². The number of halogens is 2. The van der Waals surface area contributed by atoms with Crippen LogP contribution >= 0.6 is 11.3 Å². The summed E-state index contributed by atoms with van der Waals surface area (Å²) in [5.41, 5.74) is 2.32. The Kier molecular flexibility index (Phi) is 4.04. The van der Waals surface area contributed by atoms with Crippen LogP contribution in [-0.4, -0.2) is 14.7 Å². The Morgan fingerprint density at radius 2 is 1.43 bits per heavy atom. The first-order chi connectivity index (χ1) is 10.9. The third kappa shape index (κ3) is 3.18. The highest BCUT2D eigenvalue weighted by molar-refractivity contribution is 7.90. The van der Waals surface area contributed by atoms with Crippen molar-refractivity contribution in [3.8, 4) is 22.3 Å². The van der Waals surface area contributed by atoms with Crippen molar-refractivity contribution >= 4 is 21.2 Å². The van der Waals surface area contributed by atoms with E-state index < -0.39 is 9.84 Å². The van der Waals surface area contributed by atoms with E-state index in [4.69, 9.17) is 0 Å². The van der Waals surface area contributed by atoms with Crippen molar-refractivity contribution < 1.29 is 17.2 Å². The summed E-state index contributed by atoms with van der Waals surface area (Å²) in [5.74, 6) is -0.386. The van der Waals surface area contributed by atoms with E-state index in [-0.39, 0.29) is 15.8 Å². The van der Waals surface area contributed by atoms with Crippen LogP contribution in [0.5, 0.6) is 0 Å². The monoisotopic (exact) mass is 350 g/mol. The lowest BCUT2D eigenvalue weighted by Gasteiger charge is -2.06. The molecule has 3 aromatic rings. The van der Waals surface area contributed by atoms with Crippen molar-refractivity contribution in [3.05, 3.63) is 64.9 Å². The van der Waals surface area contributed by atoms with Crippen LogP contribution in [0.3, 0.4) is 0 Å². The summed E-state index contributed by atoms with van der Waals surface area (Å²) >= 11 is 0.956. The van der Waals surface area contributed by atoms with Gasteiger partial charge in [-0.3, -0.25) is 0 Å². The van der Waals surface area contributed by atoms with E-state index in [1.54, 1.807) is 17.5 Å². The van der Waals surface area contributed by atoms with E-state index in [1.807, 2.05) is 0 Å². The maximum Gasteiger partial charge on any atom is 0.184 e. The summed E-state index contributed by atoms with van der Waals surface area (Å²) < 4.78 is 50.3. The molecule has 3 rings (SSSR count). The second kappa shape index (κ2) is 5.86. The van der Waals surface area contributed by atoms with Crippen LogP contribution in [0, 0.1) is 10.9 Å². The summed E-state index contributed by atoms with van der Waals surface area (Å²) in [4.78, 5) is 0.209. The zero-order valence-corrected chi connectivity index (χ0v) is 13.7. The summed E-state index contributed by atoms with van der Waals surface area (Å²) in [7, 11) is -3.28. The topological polar surface area (TPSA) is 34.1 Å². The van der Waals surface area contributed by atoms with Gasteiger partial charge in [-0.1, -0.05) is 24.3 Å². The van der Waals surface area contributed by atoms with Gasteiger partial charge >= 0.3 is 0 Å². The van der Waals surface area contributed by atoms with Gasteiger partial charge in [0.15, 0.2) is 15.0 Å². The van der Waals surface area contributed by atoms with Crippen molar-refractivity contribution in [2.75, 3.05) is 6.26 Å². The summed E-state index contributed by atoms with van der Waals surface area (Å²) in [5, 5.41) is 1.31. The maximum absolute atomic E-state index is 14.2. The minimum Gasteiger partial charge on any atom is -0.224 e. The highest BCUT2D eigenvalue weighted by atomic mass is 32.2. The van der Waals surface area contributed by atoms with E-state index in [2.05, 4.69) is 0 Å². The standard InChI is InChI=1S/C17H12F2O2S2/c1-23(20,21)14-8-4-11(5-9-14)15-10-22-17(19)16(15)12-2-6-13(18)7-3-12/h2-10H,1H3. The molecule has 0 radical (unpaired) electrons. The molecule has 118 valence electrons. The lowest BCUT2D eigenvalue weighted by Crippen LogP contribution is -1.96.